The standard InChI is InChI=1S/C13H17FN2/c1-9-6-12(10(2)14)8-13(7-9)15-11(3)16(4)5/h6-8H,2H2,1,3-5H3/b15-11+. The third kappa shape index (κ3) is 3.19. The molecule has 86 valence electrons. The number of nitrogens with zero attached hydrogens (tertiary/aromatic N) is 2. The maximum atomic E-state index is 13.0. The summed E-state index contributed by atoms with van der Waals surface area (Å²) in [5.74, 6) is 0.448. The number of rotatable bonds is 2. The average Bonchev–Trinajstić information content (AvgIpc) is 2.16. The number of hydrogen-bond acceptors (Lipinski definition) is 1. The van der Waals surface area contributed by atoms with Crippen molar-refractivity contribution in [3.05, 3.63) is 35.9 Å². The summed E-state index contributed by atoms with van der Waals surface area (Å²) in [7, 11) is 3.84. The highest BCUT2D eigenvalue weighted by atomic mass is 19.1. The zero-order valence-corrected chi connectivity index (χ0v) is 10.2. The van der Waals surface area contributed by atoms with E-state index in [-0.39, 0.29) is 0 Å². The Kier molecular flexibility index (Phi) is 3.82. The molecule has 0 spiro atoms. The van der Waals surface area contributed by atoms with Gasteiger partial charge in [-0.1, -0.05) is 6.58 Å². The van der Waals surface area contributed by atoms with Gasteiger partial charge < -0.3 is 4.90 Å². The van der Waals surface area contributed by atoms with Gasteiger partial charge in [0.2, 0.25) is 0 Å². The van der Waals surface area contributed by atoms with E-state index in [1.165, 1.54) is 0 Å². The fraction of sp³-hybridized carbons (Fsp3) is 0.308. The Morgan fingerprint density at radius 3 is 2.44 bits per heavy atom. The van der Waals surface area contributed by atoms with E-state index in [9.17, 15) is 4.39 Å². The molecule has 0 aromatic heterocycles. The lowest BCUT2D eigenvalue weighted by atomic mass is 10.1. The van der Waals surface area contributed by atoms with Crippen LogP contribution < -0.4 is 0 Å². The summed E-state index contributed by atoms with van der Waals surface area (Å²) in [4.78, 5) is 6.31. The monoisotopic (exact) mass is 220 g/mol. The van der Waals surface area contributed by atoms with Gasteiger partial charge in [-0.15, -0.1) is 0 Å². The summed E-state index contributed by atoms with van der Waals surface area (Å²) in [5.41, 5.74) is 2.21. The van der Waals surface area contributed by atoms with Crippen LogP contribution in [0, 0.1) is 6.92 Å². The second-order valence-corrected chi connectivity index (χ2v) is 4.02. The van der Waals surface area contributed by atoms with Crippen molar-refractivity contribution >= 4 is 17.3 Å². The lowest BCUT2D eigenvalue weighted by Gasteiger charge is -2.11. The van der Waals surface area contributed by atoms with Gasteiger partial charge >= 0.3 is 0 Å². The van der Waals surface area contributed by atoms with Gasteiger partial charge in [-0.25, -0.2) is 9.38 Å². The van der Waals surface area contributed by atoms with Gasteiger partial charge in [0.05, 0.1) is 5.69 Å². The van der Waals surface area contributed by atoms with E-state index in [0.29, 0.717) is 5.56 Å². The Hall–Kier alpha value is -1.64. The molecule has 0 unspecified atom stereocenters. The van der Waals surface area contributed by atoms with Crippen LogP contribution >= 0.6 is 0 Å². The summed E-state index contributed by atoms with van der Waals surface area (Å²) in [6.45, 7) is 7.12. The number of hydrogen-bond donors (Lipinski definition) is 0. The number of halogens is 1. The second-order valence-electron chi connectivity index (χ2n) is 4.02. The molecule has 1 rings (SSSR count). The van der Waals surface area contributed by atoms with Gasteiger partial charge in [-0.05, 0) is 37.6 Å². The number of amidine groups is 1. The highest BCUT2D eigenvalue weighted by Gasteiger charge is 2.02. The predicted molar refractivity (Wildman–Crippen MR) is 67.8 cm³/mol. The van der Waals surface area contributed by atoms with Gasteiger partial charge in [-0.2, -0.15) is 0 Å². The second kappa shape index (κ2) is 4.92. The zero-order valence-electron chi connectivity index (χ0n) is 10.2. The highest BCUT2D eigenvalue weighted by Crippen LogP contribution is 2.23. The third-order valence-corrected chi connectivity index (χ3v) is 2.31. The number of aliphatic imine (C=N–C) groups is 1. The van der Waals surface area contributed by atoms with Crippen molar-refractivity contribution < 1.29 is 4.39 Å². The quantitative estimate of drug-likeness (QED) is 0.549. The van der Waals surface area contributed by atoms with Gasteiger partial charge in [0.1, 0.15) is 11.7 Å². The molecule has 16 heavy (non-hydrogen) atoms. The highest BCUT2D eigenvalue weighted by molar-refractivity contribution is 5.82. The van der Waals surface area contributed by atoms with E-state index in [1.807, 2.05) is 38.9 Å². The van der Waals surface area contributed by atoms with Crippen molar-refractivity contribution in [2.75, 3.05) is 14.1 Å². The van der Waals surface area contributed by atoms with E-state index >= 15 is 0 Å². The maximum Gasteiger partial charge on any atom is 0.123 e. The van der Waals surface area contributed by atoms with Crippen molar-refractivity contribution in [1.82, 2.24) is 4.90 Å². The van der Waals surface area contributed by atoms with Crippen molar-refractivity contribution in [1.29, 1.82) is 0 Å². The Labute approximate surface area is 96.1 Å². The van der Waals surface area contributed by atoms with Crippen molar-refractivity contribution in [3.63, 3.8) is 0 Å². The van der Waals surface area contributed by atoms with Crippen LogP contribution in [0.25, 0.3) is 5.83 Å². The first-order chi connectivity index (χ1) is 7.40. The SMILES string of the molecule is C=C(F)c1cc(C)cc(/N=C(\C)N(C)C)c1. The van der Waals surface area contributed by atoms with Crippen molar-refractivity contribution in [2.24, 2.45) is 4.99 Å². The summed E-state index contributed by atoms with van der Waals surface area (Å²) >= 11 is 0. The molecule has 0 aliphatic rings. The molecule has 0 N–H and O–H groups in total. The number of benzene rings is 1. The van der Waals surface area contributed by atoms with Crippen LogP contribution in [0.3, 0.4) is 0 Å². The molecule has 0 amide bonds. The fourth-order valence-corrected chi connectivity index (χ4v) is 1.27. The molecule has 3 heteroatoms. The largest absolute Gasteiger partial charge is 0.366 e. The van der Waals surface area contributed by atoms with Gasteiger partial charge in [0.25, 0.3) is 0 Å². The third-order valence-electron chi connectivity index (χ3n) is 2.31. The van der Waals surface area contributed by atoms with E-state index in [2.05, 4.69) is 11.6 Å². The summed E-state index contributed by atoms with van der Waals surface area (Å²) in [6, 6.07) is 5.37. The summed E-state index contributed by atoms with van der Waals surface area (Å²) < 4.78 is 13.0. The van der Waals surface area contributed by atoms with Crippen LogP contribution in [-0.2, 0) is 0 Å². The van der Waals surface area contributed by atoms with Crippen LogP contribution in [0.1, 0.15) is 18.1 Å². The minimum absolute atomic E-state index is 0.428. The summed E-state index contributed by atoms with van der Waals surface area (Å²) in [6.07, 6.45) is 0. The Morgan fingerprint density at radius 2 is 1.94 bits per heavy atom. The Balaban J connectivity index is 3.15. The maximum absolute atomic E-state index is 13.0. The normalized spacial score (nSPS) is 11.4. The molecule has 0 fully saturated rings. The minimum Gasteiger partial charge on any atom is -0.366 e. The molecule has 0 aliphatic heterocycles. The molecule has 0 saturated heterocycles. The lowest BCUT2D eigenvalue weighted by molar-refractivity contribution is 0.619. The van der Waals surface area contributed by atoms with E-state index in [1.54, 1.807) is 12.1 Å². The Bertz CT molecular complexity index is 434. The predicted octanol–water partition coefficient (Wildman–Crippen LogP) is 3.55. The molecule has 0 aliphatic carbocycles. The van der Waals surface area contributed by atoms with Crippen LogP contribution in [0.15, 0.2) is 29.8 Å². The smallest absolute Gasteiger partial charge is 0.123 e. The topological polar surface area (TPSA) is 15.6 Å². The van der Waals surface area contributed by atoms with Gasteiger partial charge in [0.15, 0.2) is 0 Å². The van der Waals surface area contributed by atoms with Crippen LogP contribution in [0.2, 0.25) is 0 Å². The molecule has 0 radical (unpaired) electrons. The molecule has 0 bridgehead atoms. The molecule has 0 saturated carbocycles. The number of aryl methyl sites for hydroxylation is 1. The minimum atomic E-state index is -0.428. The molecular weight excluding hydrogens is 203 g/mol. The zero-order chi connectivity index (χ0) is 12.3. The molecular formula is C13H17FN2. The van der Waals surface area contributed by atoms with E-state index < -0.39 is 5.83 Å². The van der Waals surface area contributed by atoms with Crippen LogP contribution in [0.4, 0.5) is 10.1 Å². The van der Waals surface area contributed by atoms with Gasteiger partial charge in [0, 0.05) is 19.7 Å². The Morgan fingerprint density at radius 1 is 1.31 bits per heavy atom. The molecule has 0 atom stereocenters. The first-order valence-corrected chi connectivity index (χ1v) is 5.09. The lowest BCUT2D eigenvalue weighted by Crippen LogP contribution is -2.17. The first-order valence-electron chi connectivity index (χ1n) is 5.09. The van der Waals surface area contributed by atoms with Crippen LogP contribution in [-0.4, -0.2) is 24.8 Å². The fourth-order valence-electron chi connectivity index (χ4n) is 1.27. The van der Waals surface area contributed by atoms with E-state index in [4.69, 9.17) is 0 Å². The van der Waals surface area contributed by atoms with Crippen LogP contribution in [0.5, 0.6) is 0 Å². The molecule has 1 aromatic carbocycles. The first kappa shape index (κ1) is 12.4. The van der Waals surface area contributed by atoms with Gasteiger partial charge in [-0.3, -0.25) is 0 Å². The molecule has 1 aromatic rings. The van der Waals surface area contributed by atoms with Crippen molar-refractivity contribution in [3.8, 4) is 0 Å². The summed E-state index contributed by atoms with van der Waals surface area (Å²) in [5, 5.41) is 0. The van der Waals surface area contributed by atoms with E-state index in [0.717, 1.165) is 17.1 Å². The molecule has 2 nitrogen and oxygen atoms in total. The van der Waals surface area contributed by atoms with Crippen molar-refractivity contribution in [2.45, 2.75) is 13.8 Å². The average molecular weight is 220 g/mol. The molecule has 0 heterocycles.